The number of carbonyl (C=O) groups excluding carboxylic acids is 1. The maximum Gasteiger partial charge on any atom is 0.226 e. The molecule has 1 amide bonds. The van der Waals surface area contributed by atoms with Gasteiger partial charge in [0.25, 0.3) is 0 Å². The third-order valence-corrected chi connectivity index (χ3v) is 3.26. The molecule has 0 aromatic carbocycles. The number of carbonyl (C=O) groups is 1. The van der Waals surface area contributed by atoms with E-state index in [0.29, 0.717) is 6.54 Å². The fraction of sp³-hybridized carbons (Fsp3) is 0.182. The molecular formula is C11H11N5OS. The fourth-order valence-electron chi connectivity index (χ4n) is 1.67. The van der Waals surface area contributed by atoms with Crippen LogP contribution in [0.25, 0.3) is 4.96 Å². The van der Waals surface area contributed by atoms with Crippen LogP contribution in [0.4, 0.5) is 0 Å². The largest absolute Gasteiger partial charge is 0.349 e. The molecule has 0 atom stereocenters. The first-order valence-electron chi connectivity index (χ1n) is 5.47. The summed E-state index contributed by atoms with van der Waals surface area (Å²) in [5.41, 5.74) is 0.777. The molecule has 0 radical (unpaired) electrons. The highest BCUT2D eigenvalue weighted by Crippen LogP contribution is 2.11. The number of fused-ring (bicyclic) bond motifs is 1. The van der Waals surface area contributed by atoms with Crippen LogP contribution in [0, 0.1) is 0 Å². The van der Waals surface area contributed by atoms with Crippen LogP contribution in [0.2, 0.25) is 0 Å². The Bertz CT molecular complexity index is 625. The van der Waals surface area contributed by atoms with Crippen LogP contribution in [0.15, 0.2) is 30.2 Å². The lowest BCUT2D eigenvalue weighted by Crippen LogP contribution is -2.25. The summed E-state index contributed by atoms with van der Waals surface area (Å²) in [5.74, 6) is 0.686. The number of H-pyrrole nitrogens is 1. The van der Waals surface area contributed by atoms with E-state index in [1.165, 1.54) is 0 Å². The van der Waals surface area contributed by atoms with Crippen molar-refractivity contribution in [1.82, 2.24) is 24.7 Å². The van der Waals surface area contributed by atoms with Crippen LogP contribution in [-0.2, 0) is 17.8 Å². The monoisotopic (exact) mass is 261 g/mol. The van der Waals surface area contributed by atoms with Crippen molar-refractivity contribution >= 4 is 22.2 Å². The fourth-order valence-corrected chi connectivity index (χ4v) is 2.38. The minimum atomic E-state index is -0.0582. The zero-order valence-electron chi connectivity index (χ0n) is 9.46. The predicted octanol–water partition coefficient (Wildman–Crippen LogP) is 0.978. The van der Waals surface area contributed by atoms with Gasteiger partial charge in [0, 0.05) is 30.2 Å². The molecule has 0 fully saturated rings. The Hall–Kier alpha value is -2.15. The standard InChI is InChI=1S/C11H11N5OS/c17-10(14-6-9-12-1-2-13-9)5-8-7-16-3-4-18-11(16)15-8/h1-4,7H,5-6H2,(H,12,13)(H,14,17). The van der Waals surface area contributed by atoms with Gasteiger partial charge < -0.3 is 10.3 Å². The summed E-state index contributed by atoms with van der Waals surface area (Å²) < 4.78 is 1.92. The number of hydrogen-bond donors (Lipinski definition) is 2. The van der Waals surface area contributed by atoms with E-state index in [1.807, 2.05) is 22.2 Å². The molecule has 0 aliphatic heterocycles. The Morgan fingerprint density at radius 3 is 3.28 bits per heavy atom. The van der Waals surface area contributed by atoms with Gasteiger partial charge in [-0.25, -0.2) is 9.97 Å². The van der Waals surface area contributed by atoms with Crippen molar-refractivity contribution in [3.63, 3.8) is 0 Å². The van der Waals surface area contributed by atoms with Crippen molar-refractivity contribution in [3.8, 4) is 0 Å². The number of nitrogens with zero attached hydrogens (tertiary/aromatic N) is 3. The lowest BCUT2D eigenvalue weighted by atomic mass is 10.3. The number of hydrogen-bond acceptors (Lipinski definition) is 4. The number of aromatic amines is 1. The average Bonchev–Trinajstić information content (AvgIpc) is 3.01. The Morgan fingerprint density at radius 1 is 1.56 bits per heavy atom. The Kier molecular flexibility index (Phi) is 2.81. The Balaban J connectivity index is 1.59. The lowest BCUT2D eigenvalue weighted by Gasteiger charge is -2.00. The van der Waals surface area contributed by atoms with Gasteiger partial charge in [-0.2, -0.15) is 0 Å². The molecule has 0 saturated heterocycles. The van der Waals surface area contributed by atoms with E-state index in [1.54, 1.807) is 23.7 Å². The maximum atomic E-state index is 11.7. The molecule has 0 unspecified atom stereocenters. The summed E-state index contributed by atoms with van der Waals surface area (Å²) in [5, 5.41) is 4.75. The number of imidazole rings is 2. The van der Waals surface area contributed by atoms with Gasteiger partial charge >= 0.3 is 0 Å². The van der Waals surface area contributed by atoms with E-state index in [2.05, 4.69) is 20.3 Å². The molecule has 0 aliphatic carbocycles. The van der Waals surface area contributed by atoms with Crippen LogP contribution >= 0.6 is 11.3 Å². The quantitative estimate of drug-likeness (QED) is 0.735. The van der Waals surface area contributed by atoms with Gasteiger partial charge in [0.1, 0.15) is 5.82 Å². The summed E-state index contributed by atoms with van der Waals surface area (Å²) in [6.45, 7) is 0.411. The molecular weight excluding hydrogens is 250 g/mol. The number of rotatable bonds is 4. The maximum absolute atomic E-state index is 11.7. The summed E-state index contributed by atoms with van der Waals surface area (Å²) in [4.78, 5) is 23.9. The van der Waals surface area contributed by atoms with E-state index in [4.69, 9.17) is 0 Å². The van der Waals surface area contributed by atoms with Crippen molar-refractivity contribution in [3.05, 3.63) is 41.7 Å². The van der Waals surface area contributed by atoms with Crippen molar-refractivity contribution in [2.24, 2.45) is 0 Å². The van der Waals surface area contributed by atoms with Crippen LogP contribution in [0.3, 0.4) is 0 Å². The molecule has 0 aliphatic rings. The van der Waals surface area contributed by atoms with E-state index < -0.39 is 0 Å². The summed E-state index contributed by atoms with van der Waals surface area (Å²) in [7, 11) is 0. The second-order valence-corrected chi connectivity index (χ2v) is 4.69. The van der Waals surface area contributed by atoms with Crippen molar-refractivity contribution in [2.75, 3.05) is 0 Å². The molecule has 0 spiro atoms. The van der Waals surface area contributed by atoms with Gasteiger partial charge in [0.2, 0.25) is 5.91 Å². The van der Waals surface area contributed by atoms with Gasteiger partial charge in [-0.1, -0.05) is 0 Å². The summed E-state index contributed by atoms with van der Waals surface area (Å²) in [6.07, 6.45) is 7.47. The summed E-state index contributed by atoms with van der Waals surface area (Å²) in [6, 6.07) is 0. The third-order valence-electron chi connectivity index (χ3n) is 2.49. The van der Waals surface area contributed by atoms with Gasteiger partial charge in [0.15, 0.2) is 4.96 Å². The highest BCUT2D eigenvalue weighted by atomic mass is 32.1. The zero-order valence-corrected chi connectivity index (χ0v) is 10.3. The Morgan fingerprint density at radius 2 is 2.50 bits per heavy atom. The molecule has 3 aromatic rings. The first kappa shape index (κ1) is 11.0. The smallest absolute Gasteiger partial charge is 0.226 e. The molecule has 92 valence electrons. The highest BCUT2D eigenvalue weighted by Gasteiger charge is 2.08. The van der Waals surface area contributed by atoms with Crippen molar-refractivity contribution in [2.45, 2.75) is 13.0 Å². The van der Waals surface area contributed by atoms with Crippen molar-refractivity contribution in [1.29, 1.82) is 0 Å². The lowest BCUT2D eigenvalue weighted by molar-refractivity contribution is -0.120. The number of nitrogens with one attached hydrogen (secondary N) is 2. The minimum Gasteiger partial charge on any atom is -0.349 e. The number of thiazole rings is 1. The molecule has 6 nitrogen and oxygen atoms in total. The zero-order chi connectivity index (χ0) is 12.4. The van der Waals surface area contributed by atoms with Crippen molar-refractivity contribution < 1.29 is 4.79 Å². The first-order chi connectivity index (χ1) is 8.81. The molecule has 3 rings (SSSR count). The van der Waals surface area contributed by atoms with Gasteiger partial charge in [-0.05, 0) is 0 Å². The van der Waals surface area contributed by atoms with Crippen LogP contribution in [-0.4, -0.2) is 25.3 Å². The number of amides is 1. The van der Waals surface area contributed by atoms with E-state index in [0.717, 1.165) is 16.5 Å². The third kappa shape index (κ3) is 2.25. The molecule has 0 bridgehead atoms. The van der Waals surface area contributed by atoms with Gasteiger partial charge in [-0.15, -0.1) is 11.3 Å². The highest BCUT2D eigenvalue weighted by molar-refractivity contribution is 7.15. The SMILES string of the molecule is O=C(Cc1cn2ccsc2n1)NCc1ncc[nH]1. The molecule has 18 heavy (non-hydrogen) atoms. The number of aromatic nitrogens is 4. The Labute approximate surface area is 107 Å². The predicted molar refractivity (Wildman–Crippen MR) is 67.2 cm³/mol. The average molecular weight is 261 g/mol. The van der Waals surface area contributed by atoms with Crippen LogP contribution < -0.4 is 5.32 Å². The van der Waals surface area contributed by atoms with E-state index in [9.17, 15) is 4.79 Å². The normalized spacial score (nSPS) is 10.9. The molecule has 2 N–H and O–H groups in total. The minimum absolute atomic E-state index is 0.0582. The molecule has 3 heterocycles. The molecule has 7 heteroatoms. The van der Waals surface area contributed by atoms with Crippen LogP contribution in [0.1, 0.15) is 11.5 Å². The molecule has 0 saturated carbocycles. The second kappa shape index (κ2) is 4.61. The molecule has 3 aromatic heterocycles. The van der Waals surface area contributed by atoms with Gasteiger partial charge in [0.05, 0.1) is 18.7 Å². The van der Waals surface area contributed by atoms with E-state index >= 15 is 0 Å². The van der Waals surface area contributed by atoms with Crippen LogP contribution in [0.5, 0.6) is 0 Å². The second-order valence-electron chi connectivity index (χ2n) is 3.81. The first-order valence-corrected chi connectivity index (χ1v) is 6.35. The summed E-state index contributed by atoms with van der Waals surface area (Å²) >= 11 is 1.55. The topological polar surface area (TPSA) is 75.1 Å². The van der Waals surface area contributed by atoms with E-state index in [-0.39, 0.29) is 12.3 Å². The van der Waals surface area contributed by atoms with Gasteiger partial charge in [-0.3, -0.25) is 9.20 Å².